The van der Waals surface area contributed by atoms with Crippen LogP contribution in [0.1, 0.15) is 40.2 Å². The Bertz CT molecular complexity index is 659. The number of hydrogen-bond acceptors (Lipinski definition) is 4. The van der Waals surface area contributed by atoms with Crippen molar-refractivity contribution >= 4 is 5.91 Å². The average molecular weight is 289 g/mol. The highest BCUT2D eigenvalue weighted by molar-refractivity contribution is 5.95. The van der Waals surface area contributed by atoms with E-state index in [0.717, 1.165) is 18.0 Å². The second kappa shape index (κ2) is 5.37. The first-order valence-electron chi connectivity index (χ1n) is 7.03. The number of ether oxygens (including phenoxy) is 1. The lowest BCUT2D eigenvalue weighted by Gasteiger charge is -2.19. The molecule has 2 atom stereocenters. The van der Waals surface area contributed by atoms with Gasteiger partial charge in [-0.2, -0.15) is 0 Å². The van der Waals surface area contributed by atoms with Crippen molar-refractivity contribution in [3.63, 3.8) is 0 Å². The number of aromatic nitrogens is 2. The van der Waals surface area contributed by atoms with E-state index in [9.17, 15) is 4.79 Å². The topological polar surface area (TPSA) is 69.3 Å². The second-order valence-electron chi connectivity index (χ2n) is 5.38. The largest absolute Gasteiger partial charge is 0.466 e. The molecule has 0 aromatic carbocycles. The number of nitrogens with zero attached hydrogens (tertiary/aromatic N) is 2. The zero-order chi connectivity index (χ0) is 15.0. The molecular weight excluding hydrogens is 270 g/mol. The van der Waals surface area contributed by atoms with Crippen molar-refractivity contribution in [2.75, 3.05) is 6.61 Å². The molecule has 0 saturated carbocycles. The van der Waals surface area contributed by atoms with E-state index >= 15 is 0 Å². The van der Waals surface area contributed by atoms with Crippen LogP contribution in [-0.4, -0.2) is 28.1 Å². The van der Waals surface area contributed by atoms with Crippen molar-refractivity contribution in [3.8, 4) is 0 Å². The summed E-state index contributed by atoms with van der Waals surface area (Å²) in [6.45, 7) is 4.24. The third kappa shape index (κ3) is 2.58. The molecule has 112 valence electrons. The summed E-state index contributed by atoms with van der Waals surface area (Å²) in [7, 11) is 1.92. The van der Waals surface area contributed by atoms with Crippen molar-refractivity contribution in [2.45, 2.75) is 32.4 Å². The van der Waals surface area contributed by atoms with Crippen molar-refractivity contribution in [1.29, 1.82) is 0 Å². The van der Waals surface area contributed by atoms with Gasteiger partial charge in [0.2, 0.25) is 0 Å². The minimum Gasteiger partial charge on any atom is -0.466 e. The number of rotatable bonds is 3. The molecule has 1 aliphatic heterocycles. The summed E-state index contributed by atoms with van der Waals surface area (Å²) < 4.78 is 13.1. The fourth-order valence-electron chi connectivity index (χ4n) is 2.75. The number of imidazole rings is 1. The van der Waals surface area contributed by atoms with E-state index in [1.165, 1.54) is 0 Å². The fourth-order valence-corrected chi connectivity index (χ4v) is 2.75. The van der Waals surface area contributed by atoms with Crippen LogP contribution in [0.2, 0.25) is 0 Å². The van der Waals surface area contributed by atoms with Crippen LogP contribution >= 0.6 is 0 Å². The summed E-state index contributed by atoms with van der Waals surface area (Å²) in [4.78, 5) is 16.7. The van der Waals surface area contributed by atoms with Crippen molar-refractivity contribution in [1.82, 2.24) is 14.9 Å². The summed E-state index contributed by atoms with van der Waals surface area (Å²) in [6, 6.07) is 1.68. The van der Waals surface area contributed by atoms with Crippen LogP contribution < -0.4 is 5.32 Å². The van der Waals surface area contributed by atoms with Crippen LogP contribution in [0.15, 0.2) is 22.9 Å². The SMILES string of the molecule is Cc1cc(C(=O)N[C@H]2CCO[C@@H]2c2nccn2C)c(C)o1. The highest BCUT2D eigenvalue weighted by atomic mass is 16.5. The Morgan fingerprint density at radius 3 is 2.90 bits per heavy atom. The molecule has 3 rings (SSSR count). The van der Waals surface area contributed by atoms with Gasteiger partial charge in [-0.1, -0.05) is 0 Å². The number of carbonyl (C=O) groups excluding carboxylic acids is 1. The Morgan fingerprint density at radius 1 is 1.48 bits per heavy atom. The fraction of sp³-hybridized carbons (Fsp3) is 0.467. The summed E-state index contributed by atoms with van der Waals surface area (Å²) >= 11 is 0. The van der Waals surface area contributed by atoms with E-state index < -0.39 is 0 Å². The number of aryl methyl sites for hydroxylation is 3. The Hall–Kier alpha value is -2.08. The molecule has 1 N–H and O–H groups in total. The van der Waals surface area contributed by atoms with E-state index in [2.05, 4.69) is 10.3 Å². The van der Waals surface area contributed by atoms with Crippen LogP contribution in [0.3, 0.4) is 0 Å². The molecule has 0 radical (unpaired) electrons. The molecule has 0 spiro atoms. The summed E-state index contributed by atoms with van der Waals surface area (Å²) in [5.74, 6) is 2.08. The molecule has 2 aromatic heterocycles. The Morgan fingerprint density at radius 2 is 2.29 bits per heavy atom. The van der Waals surface area contributed by atoms with Gasteiger partial charge in [0.15, 0.2) is 0 Å². The lowest BCUT2D eigenvalue weighted by molar-refractivity contribution is 0.0778. The van der Waals surface area contributed by atoms with E-state index in [4.69, 9.17) is 9.15 Å². The van der Waals surface area contributed by atoms with Crippen LogP contribution in [0.5, 0.6) is 0 Å². The molecule has 1 aliphatic rings. The number of furan rings is 1. The van der Waals surface area contributed by atoms with Gasteiger partial charge in [-0.15, -0.1) is 0 Å². The Labute approximate surface area is 123 Å². The van der Waals surface area contributed by atoms with Gasteiger partial charge in [-0.3, -0.25) is 4.79 Å². The van der Waals surface area contributed by atoms with Gasteiger partial charge in [0, 0.05) is 26.0 Å². The minimum atomic E-state index is -0.206. The lowest BCUT2D eigenvalue weighted by Crippen LogP contribution is -2.37. The smallest absolute Gasteiger partial charge is 0.255 e. The van der Waals surface area contributed by atoms with Crippen molar-refractivity contribution in [3.05, 3.63) is 41.4 Å². The van der Waals surface area contributed by atoms with Crippen LogP contribution in [0.25, 0.3) is 0 Å². The highest BCUT2D eigenvalue weighted by Gasteiger charge is 2.34. The normalized spacial score (nSPS) is 21.7. The molecule has 6 heteroatoms. The summed E-state index contributed by atoms with van der Waals surface area (Å²) in [6.07, 6.45) is 4.18. The molecule has 0 bridgehead atoms. The Balaban J connectivity index is 1.76. The number of hydrogen-bond donors (Lipinski definition) is 1. The van der Waals surface area contributed by atoms with E-state index in [0.29, 0.717) is 17.9 Å². The molecular formula is C15H19N3O3. The molecule has 1 saturated heterocycles. The van der Waals surface area contributed by atoms with Crippen LogP contribution in [-0.2, 0) is 11.8 Å². The lowest BCUT2D eigenvalue weighted by atomic mass is 10.1. The highest BCUT2D eigenvalue weighted by Crippen LogP contribution is 2.28. The zero-order valence-corrected chi connectivity index (χ0v) is 12.4. The van der Waals surface area contributed by atoms with E-state index in [1.54, 1.807) is 19.2 Å². The van der Waals surface area contributed by atoms with Gasteiger partial charge in [0.05, 0.1) is 11.6 Å². The first-order chi connectivity index (χ1) is 10.1. The molecule has 1 amide bonds. The van der Waals surface area contributed by atoms with Crippen LogP contribution in [0, 0.1) is 13.8 Å². The van der Waals surface area contributed by atoms with Gasteiger partial charge >= 0.3 is 0 Å². The van der Waals surface area contributed by atoms with Crippen molar-refractivity contribution in [2.24, 2.45) is 7.05 Å². The van der Waals surface area contributed by atoms with Crippen LogP contribution in [0.4, 0.5) is 0 Å². The molecule has 0 unspecified atom stereocenters. The Kier molecular flexibility index (Phi) is 3.55. The number of carbonyl (C=O) groups is 1. The maximum Gasteiger partial charge on any atom is 0.255 e. The van der Waals surface area contributed by atoms with Gasteiger partial charge in [-0.25, -0.2) is 4.98 Å². The second-order valence-corrected chi connectivity index (χ2v) is 5.38. The quantitative estimate of drug-likeness (QED) is 0.937. The van der Waals surface area contributed by atoms with E-state index in [1.807, 2.05) is 24.7 Å². The molecule has 1 fully saturated rings. The monoisotopic (exact) mass is 289 g/mol. The molecule has 2 aromatic rings. The van der Waals surface area contributed by atoms with Crippen molar-refractivity contribution < 1.29 is 13.9 Å². The maximum atomic E-state index is 12.4. The predicted octanol–water partition coefficient (Wildman–Crippen LogP) is 1.89. The zero-order valence-electron chi connectivity index (χ0n) is 12.4. The standard InChI is InChI=1S/C15H19N3O3/c1-9-8-11(10(2)21-9)15(19)17-12-4-7-20-13(12)14-16-5-6-18(14)3/h5-6,8,12-13H,4,7H2,1-3H3,(H,17,19)/t12-,13-/m0/s1. The van der Waals surface area contributed by atoms with Gasteiger partial charge in [-0.05, 0) is 26.3 Å². The van der Waals surface area contributed by atoms with Gasteiger partial charge < -0.3 is 19.0 Å². The van der Waals surface area contributed by atoms with E-state index in [-0.39, 0.29) is 18.1 Å². The molecule has 21 heavy (non-hydrogen) atoms. The minimum absolute atomic E-state index is 0.0757. The third-order valence-corrected chi connectivity index (χ3v) is 3.81. The first-order valence-corrected chi connectivity index (χ1v) is 7.03. The maximum absolute atomic E-state index is 12.4. The predicted molar refractivity (Wildman–Crippen MR) is 76.0 cm³/mol. The number of nitrogens with one attached hydrogen (secondary N) is 1. The third-order valence-electron chi connectivity index (χ3n) is 3.81. The summed E-state index contributed by atoms with van der Waals surface area (Å²) in [5, 5.41) is 3.04. The molecule has 3 heterocycles. The summed E-state index contributed by atoms with van der Waals surface area (Å²) in [5.41, 5.74) is 0.581. The van der Waals surface area contributed by atoms with Gasteiger partial charge in [0.1, 0.15) is 23.4 Å². The first kappa shape index (κ1) is 13.9. The molecule has 6 nitrogen and oxygen atoms in total. The average Bonchev–Trinajstić information content (AvgIpc) is 3.10. The van der Waals surface area contributed by atoms with Gasteiger partial charge in [0.25, 0.3) is 5.91 Å². The molecule has 0 aliphatic carbocycles. The number of amides is 1.